The predicted molar refractivity (Wildman–Crippen MR) is 107 cm³/mol. The van der Waals surface area contributed by atoms with Crippen molar-refractivity contribution in [3.8, 4) is 0 Å². The molecule has 0 saturated heterocycles. The molecule has 24 heavy (non-hydrogen) atoms. The third-order valence-corrected chi connectivity index (χ3v) is 3.81. The van der Waals surface area contributed by atoms with Crippen LogP contribution in [0.1, 0.15) is 30.9 Å². The van der Waals surface area contributed by atoms with E-state index in [0.29, 0.717) is 12.5 Å². The lowest BCUT2D eigenvalue weighted by Gasteiger charge is -2.11. The van der Waals surface area contributed by atoms with E-state index in [1.54, 1.807) is 0 Å². The number of nitrogens with one attached hydrogen (secondary N) is 2. The number of aliphatic imine (C=N–C) groups is 1. The first-order valence-corrected chi connectivity index (χ1v) is 9.04. The van der Waals surface area contributed by atoms with Gasteiger partial charge in [-0.15, -0.1) is 24.0 Å². The van der Waals surface area contributed by atoms with Gasteiger partial charge in [0.25, 0.3) is 0 Å². The molecule has 0 unspecified atom stereocenters. The standard InChI is InChI=1S/C16H24F3N3S.HI/c1-3-20-15(21-10-4-5-11-23-2)22-12-13-6-8-14(9-7-13)16(17,18)19;/h6-9H,3-5,10-12H2,1-2H3,(H2,20,21,22);1H. The maximum absolute atomic E-state index is 12.5. The van der Waals surface area contributed by atoms with E-state index in [-0.39, 0.29) is 24.0 Å². The number of benzene rings is 1. The Morgan fingerprint density at radius 1 is 1.12 bits per heavy atom. The minimum atomic E-state index is -4.30. The zero-order valence-electron chi connectivity index (χ0n) is 13.9. The second-order valence-corrected chi connectivity index (χ2v) is 6.00. The zero-order chi connectivity index (χ0) is 17.1. The van der Waals surface area contributed by atoms with Gasteiger partial charge in [-0.25, -0.2) is 4.99 Å². The molecule has 0 spiro atoms. The van der Waals surface area contributed by atoms with Crippen LogP contribution in [0.2, 0.25) is 0 Å². The highest BCUT2D eigenvalue weighted by Gasteiger charge is 2.29. The second-order valence-electron chi connectivity index (χ2n) is 5.02. The molecule has 2 N–H and O–H groups in total. The molecule has 1 aromatic carbocycles. The van der Waals surface area contributed by atoms with E-state index in [0.717, 1.165) is 49.4 Å². The van der Waals surface area contributed by atoms with Gasteiger partial charge in [-0.05, 0) is 49.5 Å². The lowest BCUT2D eigenvalue weighted by atomic mass is 10.1. The van der Waals surface area contributed by atoms with Crippen LogP contribution in [0.3, 0.4) is 0 Å². The highest BCUT2D eigenvalue weighted by molar-refractivity contribution is 14.0. The van der Waals surface area contributed by atoms with E-state index >= 15 is 0 Å². The fraction of sp³-hybridized carbons (Fsp3) is 0.562. The monoisotopic (exact) mass is 475 g/mol. The number of hydrogen-bond donors (Lipinski definition) is 2. The van der Waals surface area contributed by atoms with E-state index in [1.165, 1.54) is 12.1 Å². The molecule has 0 heterocycles. The smallest absolute Gasteiger partial charge is 0.357 e. The molecular formula is C16H25F3IN3S. The minimum Gasteiger partial charge on any atom is -0.357 e. The maximum Gasteiger partial charge on any atom is 0.416 e. The fourth-order valence-corrected chi connectivity index (χ4v) is 2.38. The Bertz CT molecular complexity index is 478. The number of hydrogen-bond acceptors (Lipinski definition) is 2. The van der Waals surface area contributed by atoms with Gasteiger partial charge < -0.3 is 10.6 Å². The van der Waals surface area contributed by atoms with Crippen molar-refractivity contribution in [2.45, 2.75) is 32.5 Å². The molecular weight excluding hydrogens is 450 g/mol. The van der Waals surface area contributed by atoms with E-state index in [2.05, 4.69) is 21.9 Å². The summed E-state index contributed by atoms with van der Waals surface area (Å²) in [7, 11) is 0. The van der Waals surface area contributed by atoms with Crippen molar-refractivity contribution >= 4 is 41.7 Å². The molecule has 0 aliphatic rings. The third kappa shape index (κ3) is 9.61. The van der Waals surface area contributed by atoms with Crippen LogP contribution in [0.15, 0.2) is 29.3 Å². The van der Waals surface area contributed by atoms with Crippen LogP contribution < -0.4 is 10.6 Å². The summed E-state index contributed by atoms with van der Waals surface area (Å²) in [6.07, 6.45) is -0.00389. The summed E-state index contributed by atoms with van der Waals surface area (Å²) < 4.78 is 37.5. The maximum atomic E-state index is 12.5. The van der Waals surface area contributed by atoms with Crippen molar-refractivity contribution in [2.75, 3.05) is 25.1 Å². The third-order valence-electron chi connectivity index (χ3n) is 3.11. The summed E-state index contributed by atoms with van der Waals surface area (Å²) in [4.78, 5) is 4.40. The first kappa shape index (κ1) is 23.4. The van der Waals surface area contributed by atoms with Crippen LogP contribution in [-0.2, 0) is 12.7 Å². The molecule has 0 aliphatic carbocycles. The predicted octanol–water partition coefficient (Wildman–Crippen LogP) is 4.52. The Morgan fingerprint density at radius 3 is 2.33 bits per heavy atom. The van der Waals surface area contributed by atoms with E-state index in [4.69, 9.17) is 0 Å². The molecule has 0 radical (unpaired) electrons. The summed E-state index contributed by atoms with van der Waals surface area (Å²) in [5, 5.41) is 6.37. The summed E-state index contributed by atoms with van der Waals surface area (Å²) >= 11 is 1.83. The van der Waals surface area contributed by atoms with E-state index < -0.39 is 11.7 Å². The van der Waals surface area contributed by atoms with Crippen molar-refractivity contribution in [2.24, 2.45) is 4.99 Å². The molecule has 0 amide bonds. The quantitative estimate of drug-likeness (QED) is 0.251. The molecule has 8 heteroatoms. The molecule has 0 atom stereocenters. The lowest BCUT2D eigenvalue weighted by molar-refractivity contribution is -0.137. The summed E-state index contributed by atoms with van der Waals surface area (Å²) in [5.41, 5.74) is 0.113. The molecule has 0 fully saturated rings. The number of rotatable bonds is 8. The Balaban J connectivity index is 0.00000529. The van der Waals surface area contributed by atoms with Crippen molar-refractivity contribution in [1.29, 1.82) is 0 Å². The van der Waals surface area contributed by atoms with Gasteiger partial charge in [-0.2, -0.15) is 24.9 Å². The minimum absolute atomic E-state index is 0. The van der Waals surface area contributed by atoms with Crippen LogP contribution in [0.5, 0.6) is 0 Å². The van der Waals surface area contributed by atoms with Gasteiger partial charge in [0.1, 0.15) is 0 Å². The highest BCUT2D eigenvalue weighted by atomic mass is 127. The number of unbranched alkanes of at least 4 members (excludes halogenated alkanes) is 1. The van der Waals surface area contributed by atoms with Gasteiger partial charge in [-0.1, -0.05) is 12.1 Å². The normalized spacial score (nSPS) is 11.8. The van der Waals surface area contributed by atoms with Crippen LogP contribution in [0, 0.1) is 0 Å². The van der Waals surface area contributed by atoms with Gasteiger partial charge in [0.05, 0.1) is 12.1 Å². The largest absolute Gasteiger partial charge is 0.416 e. The van der Waals surface area contributed by atoms with Gasteiger partial charge in [0, 0.05) is 13.1 Å². The molecule has 0 saturated carbocycles. The van der Waals surface area contributed by atoms with Crippen LogP contribution in [-0.4, -0.2) is 31.1 Å². The Kier molecular flexibility index (Phi) is 12.3. The lowest BCUT2D eigenvalue weighted by Crippen LogP contribution is -2.37. The molecule has 0 aromatic heterocycles. The highest BCUT2D eigenvalue weighted by Crippen LogP contribution is 2.29. The summed E-state index contributed by atoms with van der Waals surface area (Å²) in [6, 6.07) is 5.12. The first-order valence-electron chi connectivity index (χ1n) is 7.64. The zero-order valence-corrected chi connectivity index (χ0v) is 17.1. The SMILES string of the molecule is CCNC(=NCc1ccc(C(F)(F)F)cc1)NCCCCSC.I. The van der Waals surface area contributed by atoms with Crippen LogP contribution in [0.25, 0.3) is 0 Å². The Hall–Kier alpha value is -0.640. The number of guanidine groups is 1. The Morgan fingerprint density at radius 2 is 1.79 bits per heavy atom. The van der Waals surface area contributed by atoms with E-state index in [9.17, 15) is 13.2 Å². The van der Waals surface area contributed by atoms with Gasteiger partial charge in [0.15, 0.2) is 5.96 Å². The molecule has 1 aromatic rings. The van der Waals surface area contributed by atoms with Crippen LogP contribution in [0.4, 0.5) is 13.2 Å². The van der Waals surface area contributed by atoms with Crippen molar-refractivity contribution in [1.82, 2.24) is 10.6 Å². The summed E-state index contributed by atoms with van der Waals surface area (Å²) in [5.74, 6) is 1.83. The Labute approximate surface area is 163 Å². The van der Waals surface area contributed by atoms with Gasteiger partial charge >= 0.3 is 6.18 Å². The van der Waals surface area contributed by atoms with E-state index in [1.807, 2.05) is 18.7 Å². The molecule has 1 rings (SSSR count). The van der Waals surface area contributed by atoms with Crippen molar-refractivity contribution in [3.05, 3.63) is 35.4 Å². The fourth-order valence-electron chi connectivity index (χ4n) is 1.89. The molecule has 138 valence electrons. The van der Waals surface area contributed by atoms with Crippen molar-refractivity contribution < 1.29 is 13.2 Å². The number of thioether (sulfide) groups is 1. The number of alkyl halides is 3. The molecule has 0 aliphatic heterocycles. The molecule has 3 nitrogen and oxygen atoms in total. The number of nitrogens with zero attached hydrogens (tertiary/aromatic N) is 1. The van der Waals surface area contributed by atoms with Gasteiger partial charge in [0.2, 0.25) is 0 Å². The average molecular weight is 475 g/mol. The average Bonchev–Trinajstić information content (AvgIpc) is 2.52. The topological polar surface area (TPSA) is 36.4 Å². The van der Waals surface area contributed by atoms with Crippen molar-refractivity contribution in [3.63, 3.8) is 0 Å². The van der Waals surface area contributed by atoms with Crippen LogP contribution >= 0.6 is 35.7 Å². The molecule has 0 bridgehead atoms. The first-order chi connectivity index (χ1) is 11.0. The number of halogens is 4. The van der Waals surface area contributed by atoms with Gasteiger partial charge in [-0.3, -0.25) is 0 Å². The summed E-state index contributed by atoms with van der Waals surface area (Å²) in [6.45, 7) is 3.89. The second kappa shape index (κ2) is 12.7.